The van der Waals surface area contributed by atoms with Crippen LogP contribution in [0, 0.1) is 12.8 Å². The van der Waals surface area contributed by atoms with E-state index >= 15 is 0 Å². The molecule has 0 aliphatic rings. The zero-order chi connectivity index (χ0) is 18.4. The molecular weight excluding hydrogens is 316 g/mol. The molecule has 1 aromatic carbocycles. The summed E-state index contributed by atoms with van der Waals surface area (Å²) in [5, 5.41) is 8.92. The monoisotopic (exact) mass is 340 g/mol. The van der Waals surface area contributed by atoms with E-state index in [1.54, 1.807) is 11.1 Å². The van der Waals surface area contributed by atoms with Crippen LogP contribution in [0.15, 0.2) is 42.7 Å². The van der Waals surface area contributed by atoms with Gasteiger partial charge in [0.2, 0.25) is 0 Å². The van der Waals surface area contributed by atoms with E-state index < -0.39 is 5.97 Å². The van der Waals surface area contributed by atoms with E-state index in [9.17, 15) is 9.59 Å². The van der Waals surface area contributed by atoms with Gasteiger partial charge in [-0.15, -0.1) is 0 Å². The van der Waals surface area contributed by atoms with E-state index in [0.717, 1.165) is 16.7 Å². The number of carbonyl (C=O) groups is 2. The lowest BCUT2D eigenvalue weighted by molar-refractivity contribution is -0.137. The highest BCUT2D eigenvalue weighted by Crippen LogP contribution is 2.21. The van der Waals surface area contributed by atoms with E-state index in [0.29, 0.717) is 12.1 Å². The van der Waals surface area contributed by atoms with Gasteiger partial charge in [0.15, 0.2) is 0 Å². The van der Waals surface area contributed by atoms with E-state index in [1.807, 2.05) is 51.1 Å². The molecule has 5 heteroatoms. The minimum atomic E-state index is -0.909. The van der Waals surface area contributed by atoms with E-state index in [2.05, 4.69) is 4.98 Å². The Morgan fingerprint density at radius 1 is 1.16 bits per heavy atom. The summed E-state index contributed by atoms with van der Waals surface area (Å²) in [5.74, 6) is -0.837. The largest absolute Gasteiger partial charge is 0.481 e. The van der Waals surface area contributed by atoms with Crippen LogP contribution >= 0.6 is 0 Å². The maximum atomic E-state index is 12.8. The van der Waals surface area contributed by atoms with Crippen molar-refractivity contribution in [3.05, 3.63) is 53.9 Å². The van der Waals surface area contributed by atoms with Crippen molar-refractivity contribution >= 4 is 11.9 Å². The van der Waals surface area contributed by atoms with Gasteiger partial charge in [-0.05, 0) is 24.5 Å². The molecule has 0 radical (unpaired) electrons. The molecule has 25 heavy (non-hydrogen) atoms. The molecule has 0 fully saturated rings. The molecule has 1 aromatic heterocycles. The summed E-state index contributed by atoms with van der Waals surface area (Å²) in [6.07, 6.45) is 3.20. The first-order chi connectivity index (χ1) is 11.9. The van der Waals surface area contributed by atoms with Gasteiger partial charge < -0.3 is 10.0 Å². The number of aliphatic carboxylic acids is 1. The van der Waals surface area contributed by atoms with Crippen LogP contribution in [-0.4, -0.2) is 40.0 Å². The molecule has 0 atom stereocenters. The van der Waals surface area contributed by atoms with Crippen LogP contribution in [0.4, 0.5) is 0 Å². The predicted molar refractivity (Wildman–Crippen MR) is 97.4 cm³/mol. The molecule has 1 N–H and O–H groups in total. The maximum absolute atomic E-state index is 12.8. The highest BCUT2D eigenvalue weighted by Gasteiger charge is 2.18. The van der Waals surface area contributed by atoms with Gasteiger partial charge in [-0.2, -0.15) is 0 Å². The number of aromatic nitrogens is 1. The fourth-order valence-corrected chi connectivity index (χ4v) is 2.67. The first kappa shape index (κ1) is 18.6. The fourth-order valence-electron chi connectivity index (χ4n) is 2.67. The number of hydrogen-bond acceptors (Lipinski definition) is 3. The standard InChI is InChI=1S/C20H24N2O3/c1-14(2)13-22(8-7-19(23)24)20(25)18-10-17(11-21-12-18)16-6-4-5-15(3)9-16/h4-6,9-12,14H,7-8,13H2,1-3H3,(H,23,24). The Labute approximate surface area is 148 Å². The smallest absolute Gasteiger partial charge is 0.305 e. The van der Waals surface area contributed by atoms with Crippen molar-refractivity contribution in [3.8, 4) is 11.1 Å². The number of nitrogens with zero attached hydrogens (tertiary/aromatic N) is 2. The molecule has 0 spiro atoms. The zero-order valence-electron chi connectivity index (χ0n) is 14.9. The normalized spacial score (nSPS) is 10.7. The van der Waals surface area contributed by atoms with E-state index in [1.165, 1.54) is 6.20 Å². The molecule has 0 bridgehead atoms. The summed E-state index contributed by atoms with van der Waals surface area (Å²) in [7, 11) is 0. The van der Waals surface area contributed by atoms with Crippen LogP contribution in [0.25, 0.3) is 11.1 Å². The van der Waals surface area contributed by atoms with Crippen LogP contribution in [0.5, 0.6) is 0 Å². The molecule has 5 nitrogen and oxygen atoms in total. The Balaban J connectivity index is 2.27. The number of hydrogen-bond donors (Lipinski definition) is 1. The molecule has 0 saturated heterocycles. The number of carbonyl (C=O) groups excluding carboxylic acids is 1. The van der Waals surface area contributed by atoms with Gasteiger partial charge in [0.05, 0.1) is 12.0 Å². The molecule has 0 unspecified atom stereocenters. The molecule has 0 saturated carbocycles. The quantitative estimate of drug-likeness (QED) is 0.835. The minimum absolute atomic E-state index is 0.0660. The van der Waals surface area contributed by atoms with Crippen molar-refractivity contribution < 1.29 is 14.7 Å². The zero-order valence-corrected chi connectivity index (χ0v) is 14.9. The molecule has 2 aromatic rings. The first-order valence-corrected chi connectivity index (χ1v) is 8.40. The summed E-state index contributed by atoms with van der Waals surface area (Å²) < 4.78 is 0. The van der Waals surface area contributed by atoms with Crippen molar-refractivity contribution in [1.29, 1.82) is 0 Å². The fraction of sp³-hybridized carbons (Fsp3) is 0.350. The number of pyridine rings is 1. The third-order valence-corrected chi connectivity index (χ3v) is 3.80. The predicted octanol–water partition coefficient (Wildman–Crippen LogP) is 3.63. The number of aryl methyl sites for hydroxylation is 1. The lowest BCUT2D eigenvalue weighted by Gasteiger charge is -2.24. The number of carboxylic acids is 1. The summed E-state index contributed by atoms with van der Waals surface area (Å²) in [6, 6.07) is 9.83. The van der Waals surface area contributed by atoms with E-state index in [4.69, 9.17) is 5.11 Å². The highest BCUT2D eigenvalue weighted by molar-refractivity contribution is 5.95. The Morgan fingerprint density at radius 3 is 2.56 bits per heavy atom. The van der Waals surface area contributed by atoms with Crippen LogP contribution in [0.1, 0.15) is 36.2 Å². The van der Waals surface area contributed by atoms with Crippen LogP contribution < -0.4 is 0 Å². The third-order valence-electron chi connectivity index (χ3n) is 3.80. The van der Waals surface area contributed by atoms with Gasteiger partial charge in [-0.3, -0.25) is 14.6 Å². The Kier molecular flexibility index (Phi) is 6.28. The molecule has 1 heterocycles. The van der Waals surface area contributed by atoms with Gasteiger partial charge >= 0.3 is 5.97 Å². The highest BCUT2D eigenvalue weighted by atomic mass is 16.4. The number of benzene rings is 1. The van der Waals surface area contributed by atoms with Gasteiger partial charge in [0, 0.05) is 31.0 Å². The van der Waals surface area contributed by atoms with Crippen LogP contribution in [0.2, 0.25) is 0 Å². The lowest BCUT2D eigenvalue weighted by atomic mass is 10.0. The SMILES string of the molecule is Cc1cccc(-c2cncc(C(=O)N(CCC(=O)O)CC(C)C)c2)c1. The number of rotatable bonds is 7. The lowest BCUT2D eigenvalue weighted by Crippen LogP contribution is -2.36. The third kappa shape index (κ3) is 5.41. The second kappa shape index (κ2) is 8.42. The average molecular weight is 340 g/mol. The molecular formula is C20H24N2O3. The van der Waals surface area contributed by atoms with Crippen molar-refractivity contribution in [2.45, 2.75) is 27.2 Å². The molecule has 2 rings (SSSR count). The van der Waals surface area contributed by atoms with Gasteiger partial charge in [-0.1, -0.05) is 43.7 Å². The summed E-state index contributed by atoms with van der Waals surface area (Å²) in [6.45, 7) is 6.73. The van der Waals surface area contributed by atoms with Gasteiger partial charge in [0.25, 0.3) is 5.91 Å². The van der Waals surface area contributed by atoms with Crippen molar-refractivity contribution in [1.82, 2.24) is 9.88 Å². The molecule has 0 aliphatic carbocycles. The Morgan fingerprint density at radius 2 is 1.92 bits per heavy atom. The van der Waals surface area contributed by atoms with Gasteiger partial charge in [0.1, 0.15) is 0 Å². The van der Waals surface area contributed by atoms with E-state index in [-0.39, 0.29) is 24.8 Å². The maximum Gasteiger partial charge on any atom is 0.305 e. The van der Waals surface area contributed by atoms with Crippen LogP contribution in [0.3, 0.4) is 0 Å². The molecule has 0 aliphatic heterocycles. The summed E-state index contributed by atoms with van der Waals surface area (Å²) in [4.78, 5) is 29.5. The molecule has 1 amide bonds. The Bertz CT molecular complexity index is 756. The average Bonchev–Trinajstić information content (AvgIpc) is 2.57. The van der Waals surface area contributed by atoms with Gasteiger partial charge in [-0.25, -0.2) is 0 Å². The summed E-state index contributed by atoms with van der Waals surface area (Å²) >= 11 is 0. The summed E-state index contributed by atoms with van der Waals surface area (Å²) in [5.41, 5.74) is 3.49. The van der Waals surface area contributed by atoms with Crippen LogP contribution in [-0.2, 0) is 4.79 Å². The van der Waals surface area contributed by atoms with Crippen molar-refractivity contribution in [2.24, 2.45) is 5.92 Å². The Hall–Kier alpha value is -2.69. The van der Waals surface area contributed by atoms with Crippen molar-refractivity contribution in [2.75, 3.05) is 13.1 Å². The second-order valence-corrected chi connectivity index (χ2v) is 6.62. The first-order valence-electron chi connectivity index (χ1n) is 8.40. The molecule has 132 valence electrons. The number of carboxylic acid groups (broad SMARTS) is 1. The number of amides is 1. The van der Waals surface area contributed by atoms with Crippen molar-refractivity contribution in [3.63, 3.8) is 0 Å². The second-order valence-electron chi connectivity index (χ2n) is 6.62. The minimum Gasteiger partial charge on any atom is -0.481 e. The topological polar surface area (TPSA) is 70.5 Å².